The Morgan fingerprint density at radius 1 is 1.20 bits per heavy atom. The van der Waals surface area contributed by atoms with Gasteiger partial charge in [-0.15, -0.1) is 0 Å². The van der Waals surface area contributed by atoms with Crippen LogP contribution in [0.3, 0.4) is 0 Å². The standard InChI is InChI=1S/C20H14N4O/c1-22-16-6-3-5-15(11-16)20-23-18-8-9-24(13-19(18)25-20)17-7-2-4-14(10-17)12-21/h2-7,10-11H,8-9,13H2. The second-order valence-electron chi connectivity index (χ2n) is 5.88. The predicted molar refractivity (Wildman–Crippen MR) is 94.1 cm³/mol. The number of rotatable bonds is 2. The lowest BCUT2D eigenvalue weighted by Gasteiger charge is -2.27. The molecule has 1 aliphatic heterocycles. The molecule has 0 unspecified atom stereocenters. The smallest absolute Gasteiger partial charge is 0.225 e. The molecule has 0 amide bonds. The third kappa shape index (κ3) is 2.84. The minimum absolute atomic E-state index is 0.558. The Kier molecular flexibility index (Phi) is 3.68. The van der Waals surface area contributed by atoms with Crippen molar-refractivity contribution >= 4 is 11.4 Å². The lowest BCUT2D eigenvalue weighted by atomic mass is 10.1. The van der Waals surface area contributed by atoms with Gasteiger partial charge in [-0.3, -0.25) is 0 Å². The van der Waals surface area contributed by atoms with Crippen LogP contribution in [0, 0.1) is 17.9 Å². The zero-order chi connectivity index (χ0) is 17.2. The summed E-state index contributed by atoms with van der Waals surface area (Å²) in [6, 6.07) is 17.1. The second kappa shape index (κ2) is 6.14. The number of nitrogens with zero attached hydrogens (tertiary/aromatic N) is 4. The van der Waals surface area contributed by atoms with Crippen molar-refractivity contribution < 1.29 is 4.42 Å². The molecule has 0 radical (unpaired) electrons. The summed E-state index contributed by atoms with van der Waals surface area (Å²) in [7, 11) is 0. The maximum atomic E-state index is 9.07. The predicted octanol–water partition coefficient (Wildman–Crippen LogP) is 4.33. The summed E-state index contributed by atoms with van der Waals surface area (Å²) >= 11 is 0. The van der Waals surface area contributed by atoms with E-state index in [2.05, 4.69) is 20.8 Å². The average Bonchev–Trinajstić information content (AvgIpc) is 3.11. The Morgan fingerprint density at radius 2 is 2.08 bits per heavy atom. The largest absolute Gasteiger partial charge is 0.439 e. The highest BCUT2D eigenvalue weighted by Gasteiger charge is 2.23. The van der Waals surface area contributed by atoms with Gasteiger partial charge < -0.3 is 9.32 Å². The minimum atomic E-state index is 0.558. The van der Waals surface area contributed by atoms with Gasteiger partial charge in [-0.25, -0.2) is 9.83 Å². The first kappa shape index (κ1) is 15.0. The molecule has 4 rings (SSSR count). The molecule has 0 aliphatic carbocycles. The summed E-state index contributed by atoms with van der Waals surface area (Å²) in [6.07, 6.45) is 0.790. The molecule has 3 aromatic rings. The van der Waals surface area contributed by atoms with Gasteiger partial charge in [-0.1, -0.05) is 24.3 Å². The average molecular weight is 326 g/mol. The highest BCUT2D eigenvalue weighted by atomic mass is 16.4. The number of oxazole rings is 1. The fourth-order valence-electron chi connectivity index (χ4n) is 3.02. The van der Waals surface area contributed by atoms with Crippen LogP contribution in [0.1, 0.15) is 17.0 Å². The van der Waals surface area contributed by atoms with Gasteiger partial charge in [-0.2, -0.15) is 5.26 Å². The van der Waals surface area contributed by atoms with Gasteiger partial charge in [0.25, 0.3) is 0 Å². The van der Waals surface area contributed by atoms with Crippen LogP contribution in [0.2, 0.25) is 0 Å². The molecular weight excluding hydrogens is 312 g/mol. The SMILES string of the molecule is [C-]#[N+]c1cccc(-c2nc3c(o2)CN(c2cccc(C#N)c2)CC3)c1. The molecule has 25 heavy (non-hydrogen) atoms. The van der Waals surface area contributed by atoms with Crippen LogP contribution in [0.4, 0.5) is 11.4 Å². The van der Waals surface area contributed by atoms with Crippen LogP contribution >= 0.6 is 0 Å². The summed E-state index contributed by atoms with van der Waals surface area (Å²) in [5.41, 5.74) is 4.02. The van der Waals surface area contributed by atoms with E-state index in [4.69, 9.17) is 16.3 Å². The van der Waals surface area contributed by atoms with Crippen LogP contribution < -0.4 is 4.90 Å². The Balaban J connectivity index is 1.63. The number of fused-ring (bicyclic) bond motifs is 1. The highest BCUT2D eigenvalue weighted by molar-refractivity contribution is 5.62. The van der Waals surface area contributed by atoms with Crippen molar-refractivity contribution in [2.45, 2.75) is 13.0 Å². The molecule has 5 heteroatoms. The number of hydrogen-bond donors (Lipinski definition) is 0. The molecule has 120 valence electrons. The first-order valence-electron chi connectivity index (χ1n) is 7.98. The second-order valence-corrected chi connectivity index (χ2v) is 5.88. The molecule has 0 N–H and O–H groups in total. The van der Waals surface area contributed by atoms with Gasteiger partial charge in [0.15, 0.2) is 5.69 Å². The summed E-state index contributed by atoms with van der Waals surface area (Å²) < 4.78 is 5.98. The maximum Gasteiger partial charge on any atom is 0.225 e. The molecule has 2 heterocycles. The Bertz CT molecular complexity index is 1020. The summed E-state index contributed by atoms with van der Waals surface area (Å²) in [4.78, 5) is 10.3. The first-order chi connectivity index (χ1) is 12.3. The van der Waals surface area contributed by atoms with Gasteiger partial charge in [0.05, 0.1) is 30.4 Å². The van der Waals surface area contributed by atoms with Crippen LogP contribution in [-0.4, -0.2) is 11.5 Å². The van der Waals surface area contributed by atoms with E-state index in [0.717, 1.165) is 35.7 Å². The Hall–Kier alpha value is -3.57. The molecule has 2 aromatic carbocycles. The van der Waals surface area contributed by atoms with E-state index in [1.54, 1.807) is 18.2 Å². The zero-order valence-electron chi connectivity index (χ0n) is 13.4. The first-order valence-corrected chi connectivity index (χ1v) is 7.98. The number of aromatic nitrogens is 1. The van der Waals surface area contributed by atoms with E-state index in [-0.39, 0.29) is 0 Å². The van der Waals surface area contributed by atoms with Crippen molar-refractivity contribution in [1.82, 2.24) is 4.98 Å². The normalized spacial score (nSPS) is 13.0. The van der Waals surface area contributed by atoms with Crippen LogP contribution in [-0.2, 0) is 13.0 Å². The lowest BCUT2D eigenvalue weighted by molar-refractivity contribution is 0.495. The van der Waals surface area contributed by atoms with Crippen molar-refractivity contribution in [3.63, 3.8) is 0 Å². The molecule has 5 nitrogen and oxygen atoms in total. The number of nitriles is 1. The quantitative estimate of drug-likeness (QED) is 0.658. The molecule has 0 saturated heterocycles. The van der Waals surface area contributed by atoms with Crippen molar-refractivity contribution in [3.8, 4) is 17.5 Å². The van der Waals surface area contributed by atoms with Crippen LogP contribution in [0.15, 0.2) is 52.9 Å². The monoisotopic (exact) mass is 326 g/mol. The molecule has 0 spiro atoms. The number of hydrogen-bond acceptors (Lipinski definition) is 4. The third-order valence-electron chi connectivity index (χ3n) is 4.29. The van der Waals surface area contributed by atoms with E-state index in [9.17, 15) is 0 Å². The molecule has 0 fully saturated rings. The van der Waals surface area contributed by atoms with Crippen molar-refractivity contribution in [2.75, 3.05) is 11.4 Å². The van der Waals surface area contributed by atoms with E-state index in [0.29, 0.717) is 23.7 Å². The molecule has 1 aliphatic rings. The van der Waals surface area contributed by atoms with Crippen molar-refractivity contribution in [2.24, 2.45) is 0 Å². The summed E-state index contributed by atoms with van der Waals surface area (Å²) in [5.74, 6) is 1.40. The Labute approximate surface area is 145 Å². The van der Waals surface area contributed by atoms with Crippen LogP contribution in [0.5, 0.6) is 0 Å². The van der Waals surface area contributed by atoms with Gasteiger partial charge in [-0.05, 0) is 24.3 Å². The lowest BCUT2D eigenvalue weighted by Crippen LogP contribution is -2.29. The van der Waals surface area contributed by atoms with Gasteiger partial charge in [0.2, 0.25) is 5.89 Å². The summed E-state index contributed by atoms with van der Waals surface area (Å²) in [5, 5.41) is 9.07. The van der Waals surface area contributed by atoms with Crippen molar-refractivity contribution in [3.05, 3.63) is 77.0 Å². The van der Waals surface area contributed by atoms with E-state index in [1.807, 2.05) is 30.3 Å². The maximum absolute atomic E-state index is 9.07. The number of anilines is 1. The molecular formula is C20H14N4O. The van der Waals surface area contributed by atoms with Gasteiger partial charge >= 0.3 is 0 Å². The highest BCUT2D eigenvalue weighted by Crippen LogP contribution is 2.30. The fraction of sp³-hybridized carbons (Fsp3) is 0.150. The zero-order valence-corrected chi connectivity index (χ0v) is 13.4. The number of benzene rings is 2. The molecule has 0 saturated carbocycles. The summed E-state index contributed by atoms with van der Waals surface area (Å²) in [6.45, 7) is 8.59. The molecule has 1 aromatic heterocycles. The molecule has 0 atom stereocenters. The van der Waals surface area contributed by atoms with Gasteiger partial charge in [0.1, 0.15) is 5.76 Å². The minimum Gasteiger partial charge on any atom is -0.439 e. The molecule has 0 bridgehead atoms. The Morgan fingerprint density at radius 3 is 2.92 bits per heavy atom. The van der Waals surface area contributed by atoms with Crippen LogP contribution in [0.25, 0.3) is 16.3 Å². The third-order valence-corrected chi connectivity index (χ3v) is 4.29. The topological polar surface area (TPSA) is 57.4 Å². The van der Waals surface area contributed by atoms with E-state index >= 15 is 0 Å². The van der Waals surface area contributed by atoms with E-state index in [1.165, 1.54) is 0 Å². The van der Waals surface area contributed by atoms with Gasteiger partial charge in [0, 0.05) is 24.2 Å². The van der Waals surface area contributed by atoms with E-state index < -0.39 is 0 Å². The van der Waals surface area contributed by atoms with Crippen molar-refractivity contribution in [1.29, 1.82) is 5.26 Å². The fourth-order valence-corrected chi connectivity index (χ4v) is 3.02.